The Morgan fingerprint density at radius 3 is 2.67 bits per heavy atom. The minimum atomic E-state index is -3.47. The van der Waals surface area contributed by atoms with E-state index in [2.05, 4.69) is 0 Å². The number of carbonyl (C=O) groups excluding carboxylic acids is 1. The van der Waals surface area contributed by atoms with Crippen molar-refractivity contribution in [1.29, 1.82) is 0 Å². The molecule has 0 radical (unpaired) electrons. The van der Waals surface area contributed by atoms with Gasteiger partial charge in [-0.05, 0) is 25.3 Å². The molecule has 1 saturated heterocycles. The largest absolute Gasteiger partial charge is 0.339 e. The first-order chi connectivity index (χ1) is 9.96. The van der Waals surface area contributed by atoms with Crippen LogP contribution in [0.25, 0.3) is 0 Å². The molecule has 1 amide bonds. The van der Waals surface area contributed by atoms with Crippen molar-refractivity contribution in [1.82, 2.24) is 9.21 Å². The second kappa shape index (κ2) is 6.89. The normalized spacial score (nSPS) is 15.9. The number of unbranched alkanes of at least 4 members (excludes halogenated alkanes) is 1. The second-order valence-electron chi connectivity index (χ2n) is 5.33. The number of nitrogens with zero attached hydrogens (tertiary/aromatic N) is 2. The summed E-state index contributed by atoms with van der Waals surface area (Å²) in [5.74, 6) is -0.0542. The Morgan fingerprint density at radius 1 is 1.38 bits per heavy atom. The van der Waals surface area contributed by atoms with Gasteiger partial charge in [0.05, 0.1) is 5.56 Å². The van der Waals surface area contributed by atoms with Gasteiger partial charge in [0.2, 0.25) is 0 Å². The predicted octanol–water partition coefficient (Wildman–Crippen LogP) is 2.40. The summed E-state index contributed by atoms with van der Waals surface area (Å²) in [4.78, 5) is 14.0. The highest BCUT2D eigenvalue weighted by atomic mass is 32.2. The van der Waals surface area contributed by atoms with E-state index in [0.717, 1.165) is 50.1 Å². The van der Waals surface area contributed by atoms with Crippen molar-refractivity contribution in [3.05, 3.63) is 17.0 Å². The third-order valence-corrected chi connectivity index (χ3v) is 6.98. The average Bonchev–Trinajstić information content (AvgIpc) is 3.14. The van der Waals surface area contributed by atoms with Crippen molar-refractivity contribution >= 4 is 27.3 Å². The van der Waals surface area contributed by atoms with Crippen LogP contribution in [0.1, 0.15) is 43.0 Å². The van der Waals surface area contributed by atoms with Crippen LogP contribution in [0.5, 0.6) is 0 Å². The van der Waals surface area contributed by atoms with Crippen LogP contribution in [0.3, 0.4) is 0 Å². The average molecular weight is 330 g/mol. The summed E-state index contributed by atoms with van der Waals surface area (Å²) in [5.41, 5.74) is 0.490. The summed E-state index contributed by atoms with van der Waals surface area (Å²) in [5, 5.41) is 1.65. The molecule has 0 spiro atoms. The number of amides is 1. The summed E-state index contributed by atoms with van der Waals surface area (Å²) < 4.78 is 26.4. The molecule has 21 heavy (non-hydrogen) atoms. The van der Waals surface area contributed by atoms with E-state index in [1.54, 1.807) is 17.3 Å². The lowest BCUT2D eigenvalue weighted by Crippen LogP contribution is -2.28. The van der Waals surface area contributed by atoms with E-state index in [9.17, 15) is 13.2 Å². The van der Waals surface area contributed by atoms with E-state index >= 15 is 0 Å². The standard InChI is InChI=1S/C14H22N2O3S2/c1-3-4-7-15(2)21(18,19)13-10-12(11-20-13)14(17)16-8-5-6-9-16/h10-11H,3-9H2,1-2H3. The van der Waals surface area contributed by atoms with Crippen LogP contribution in [-0.4, -0.2) is 50.2 Å². The van der Waals surface area contributed by atoms with Gasteiger partial charge in [-0.25, -0.2) is 12.7 Å². The third kappa shape index (κ3) is 3.64. The van der Waals surface area contributed by atoms with Crippen LogP contribution < -0.4 is 0 Å². The Balaban J connectivity index is 2.13. The van der Waals surface area contributed by atoms with E-state index in [1.807, 2.05) is 6.92 Å². The van der Waals surface area contributed by atoms with Gasteiger partial charge < -0.3 is 4.90 Å². The molecule has 0 aliphatic carbocycles. The summed E-state index contributed by atoms with van der Waals surface area (Å²) in [6.45, 7) is 4.07. The molecule has 1 aliphatic heterocycles. The van der Waals surface area contributed by atoms with Gasteiger partial charge in [-0.3, -0.25) is 4.79 Å². The maximum absolute atomic E-state index is 12.4. The van der Waals surface area contributed by atoms with Gasteiger partial charge in [0.25, 0.3) is 15.9 Å². The lowest BCUT2D eigenvalue weighted by molar-refractivity contribution is 0.0793. The minimum Gasteiger partial charge on any atom is -0.339 e. The number of hydrogen-bond acceptors (Lipinski definition) is 4. The molecule has 1 aromatic rings. The lowest BCUT2D eigenvalue weighted by atomic mass is 10.3. The zero-order chi connectivity index (χ0) is 15.5. The topological polar surface area (TPSA) is 57.7 Å². The van der Waals surface area contributed by atoms with Crippen molar-refractivity contribution in [2.75, 3.05) is 26.7 Å². The first-order valence-electron chi connectivity index (χ1n) is 7.31. The number of carbonyl (C=O) groups is 1. The molecular weight excluding hydrogens is 308 g/mol. The first kappa shape index (κ1) is 16.5. The van der Waals surface area contributed by atoms with E-state index in [0.29, 0.717) is 12.1 Å². The van der Waals surface area contributed by atoms with Gasteiger partial charge in [0.1, 0.15) is 4.21 Å². The summed E-state index contributed by atoms with van der Waals surface area (Å²) >= 11 is 1.13. The number of rotatable bonds is 6. The molecule has 1 aromatic heterocycles. The van der Waals surface area contributed by atoms with Gasteiger partial charge in [0, 0.05) is 32.1 Å². The second-order valence-corrected chi connectivity index (χ2v) is 8.52. The van der Waals surface area contributed by atoms with Crippen LogP contribution >= 0.6 is 11.3 Å². The molecule has 0 aromatic carbocycles. The Kier molecular flexibility index (Phi) is 5.40. The third-order valence-electron chi connectivity index (χ3n) is 3.71. The molecule has 0 bridgehead atoms. The smallest absolute Gasteiger partial charge is 0.254 e. The molecule has 2 heterocycles. The fraction of sp³-hybridized carbons (Fsp3) is 0.643. The SMILES string of the molecule is CCCCN(C)S(=O)(=O)c1cc(C(=O)N2CCCC2)cs1. The van der Waals surface area contributed by atoms with Crippen molar-refractivity contribution in [2.45, 2.75) is 36.8 Å². The van der Waals surface area contributed by atoms with E-state index in [4.69, 9.17) is 0 Å². The molecule has 5 nitrogen and oxygen atoms in total. The van der Waals surface area contributed by atoms with Crippen molar-refractivity contribution < 1.29 is 13.2 Å². The Bertz CT molecular complexity index is 589. The summed E-state index contributed by atoms with van der Waals surface area (Å²) in [7, 11) is -1.88. The van der Waals surface area contributed by atoms with E-state index in [1.165, 1.54) is 10.4 Å². The molecule has 2 rings (SSSR count). The molecule has 1 fully saturated rings. The zero-order valence-corrected chi connectivity index (χ0v) is 14.2. The monoisotopic (exact) mass is 330 g/mol. The van der Waals surface area contributed by atoms with Crippen LogP contribution in [0, 0.1) is 0 Å². The fourth-order valence-electron chi connectivity index (χ4n) is 2.32. The number of likely N-dealkylation sites (tertiary alicyclic amines) is 1. The zero-order valence-electron chi connectivity index (χ0n) is 12.5. The molecule has 7 heteroatoms. The predicted molar refractivity (Wildman–Crippen MR) is 84.2 cm³/mol. The number of hydrogen-bond donors (Lipinski definition) is 0. The Hall–Kier alpha value is -0.920. The van der Waals surface area contributed by atoms with Crippen LogP contribution in [0.4, 0.5) is 0 Å². The van der Waals surface area contributed by atoms with Crippen LogP contribution in [0.15, 0.2) is 15.7 Å². The quantitative estimate of drug-likeness (QED) is 0.805. The van der Waals surface area contributed by atoms with Gasteiger partial charge in [-0.2, -0.15) is 0 Å². The molecule has 118 valence electrons. The fourth-order valence-corrected chi connectivity index (χ4v) is 4.89. The molecule has 0 saturated carbocycles. The summed E-state index contributed by atoms with van der Waals surface area (Å²) in [6.07, 6.45) is 3.84. The summed E-state index contributed by atoms with van der Waals surface area (Å²) in [6, 6.07) is 1.52. The van der Waals surface area contributed by atoms with Gasteiger partial charge >= 0.3 is 0 Å². The number of thiophene rings is 1. The highest BCUT2D eigenvalue weighted by molar-refractivity contribution is 7.91. The maximum atomic E-state index is 12.4. The Morgan fingerprint density at radius 2 is 2.05 bits per heavy atom. The van der Waals surface area contributed by atoms with Crippen LogP contribution in [0.2, 0.25) is 0 Å². The van der Waals surface area contributed by atoms with Gasteiger partial charge in [0.15, 0.2) is 0 Å². The molecule has 0 unspecified atom stereocenters. The number of sulfonamides is 1. The van der Waals surface area contributed by atoms with Gasteiger partial charge in [-0.1, -0.05) is 13.3 Å². The molecular formula is C14H22N2O3S2. The Labute approximate surface area is 130 Å². The van der Waals surface area contributed by atoms with Gasteiger partial charge in [-0.15, -0.1) is 11.3 Å². The minimum absolute atomic E-state index is 0.0542. The van der Waals surface area contributed by atoms with Crippen molar-refractivity contribution in [3.8, 4) is 0 Å². The molecule has 0 atom stereocenters. The van der Waals surface area contributed by atoms with E-state index < -0.39 is 10.0 Å². The highest BCUT2D eigenvalue weighted by Gasteiger charge is 2.26. The van der Waals surface area contributed by atoms with Crippen molar-refractivity contribution in [3.63, 3.8) is 0 Å². The van der Waals surface area contributed by atoms with E-state index in [-0.39, 0.29) is 10.1 Å². The first-order valence-corrected chi connectivity index (χ1v) is 9.63. The van der Waals surface area contributed by atoms with Crippen LogP contribution in [-0.2, 0) is 10.0 Å². The maximum Gasteiger partial charge on any atom is 0.254 e. The lowest BCUT2D eigenvalue weighted by Gasteiger charge is -2.15. The molecule has 0 N–H and O–H groups in total. The highest BCUT2D eigenvalue weighted by Crippen LogP contribution is 2.25. The molecule has 1 aliphatic rings. The van der Waals surface area contributed by atoms with Crippen molar-refractivity contribution in [2.24, 2.45) is 0 Å².